The number of aryl methyl sites for hydroxylation is 1. The quantitative estimate of drug-likeness (QED) is 0.502. The van der Waals surface area contributed by atoms with Crippen molar-refractivity contribution in [3.63, 3.8) is 0 Å². The van der Waals surface area contributed by atoms with Crippen LogP contribution < -0.4 is 10.0 Å². The molecule has 0 radical (unpaired) electrons. The zero-order valence-corrected chi connectivity index (χ0v) is 17.6. The molecular weight excluding hydrogens is 383 g/mol. The van der Waals surface area contributed by atoms with Crippen molar-refractivity contribution in [3.05, 3.63) is 95.1 Å². The Bertz CT molecular complexity index is 1100. The maximum atomic E-state index is 13.7. The smallest absolute Gasteiger partial charge is 0.411 e. The number of methoxy groups -OCH3 is 1. The number of benzene rings is 3. The van der Waals surface area contributed by atoms with Crippen molar-refractivity contribution in [1.82, 2.24) is 0 Å². The van der Waals surface area contributed by atoms with Crippen LogP contribution in [0.1, 0.15) is 29.2 Å². The number of fused-ring (bicyclic) bond motifs is 1. The van der Waals surface area contributed by atoms with Crippen molar-refractivity contribution in [2.45, 2.75) is 13.8 Å². The van der Waals surface area contributed by atoms with E-state index in [0.717, 1.165) is 28.0 Å². The summed E-state index contributed by atoms with van der Waals surface area (Å²) in [5.41, 5.74) is 4.75. The van der Waals surface area contributed by atoms with E-state index >= 15 is 0 Å². The van der Waals surface area contributed by atoms with Crippen LogP contribution >= 0.6 is 7.60 Å². The third-order valence-corrected chi connectivity index (χ3v) is 6.90. The topological polar surface area (TPSA) is 44.8 Å². The molecule has 29 heavy (non-hydrogen) atoms. The van der Waals surface area contributed by atoms with E-state index in [2.05, 4.69) is 31.2 Å². The van der Waals surface area contributed by atoms with E-state index in [9.17, 15) is 4.57 Å². The van der Waals surface area contributed by atoms with Crippen molar-refractivity contribution >= 4 is 24.2 Å². The second-order valence-corrected chi connectivity index (χ2v) is 8.74. The van der Waals surface area contributed by atoms with Gasteiger partial charge < -0.3 is 9.26 Å². The van der Waals surface area contributed by atoms with Crippen LogP contribution in [0, 0.1) is 6.92 Å². The Morgan fingerprint density at radius 1 is 0.897 bits per heavy atom. The van der Waals surface area contributed by atoms with E-state index in [0.29, 0.717) is 17.7 Å². The van der Waals surface area contributed by atoms with E-state index < -0.39 is 7.60 Å². The zero-order chi connectivity index (χ0) is 20.4. The Morgan fingerprint density at radius 3 is 2.21 bits per heavy atom. The summed E-state index contributed by atoms with van der Waals surface area (Å²) in [6, 6.07) is 23.4. The summed E-state index contributed by atoms with van der Waals surface area (Å²) >= 11 is 0. The standard InChI is InChI=1S/C24H23O4P/c1-4-27-29(25)22-8-6-5-7-21(22)23(18-11-9-17(2)10-12-18)24(28-29)19-13-15-20(26-3)16-14-19/h5-16H,4H2,1-3H3. The molecule has 4 rings (SSSR count). The maximum absolute atomic E-state index is 13.7. The summed E-state index contributed by atoms with van der Waals surface area (Å²) in [5.74, 6) is 1.29. The molecule has 3 aromatic rings. The lowest BCUT2D eigenvalue weighted by atomic mass is 9.93. The highest BCUT2D eigenvalue weighted by Gasteiger charge is 2.39. The monoisotopic (exact) mass is 406 g/mol. The van der Waals surface area contributed by atoms with Crippen LogP contribution in [0.15, 0.2) is 72.8 Å². The second kappa shape index (κ2) is 7.90. The van der Waals surface area contributed by atoms with Gasteiger partial charge in [0.2, 0.25) is 0 Å². The van der Waals surface area contributed by atoms with Crippen molar-refractivity contribution in [2.24, 2.45) is 0 Å². The lowest BCUT2D eigenvalue weighted by Crippen LogP contribution is -2.20. The molecule has 0 aromatic heterocycles. The lowest BCUT2D eigenvalue weighted by molar-refractivity contribution is 0.279. The van der Waals surface area contributed by atoms with Crippen LogP contribution in [-0.4, -0.2) is 13.7 Å². The van der Waals surface area contributed by atoms with Gasteiger partial charge in [-0.2, -0.15) is 0 Å². The molecule has 4 nitrogen and oxygen atoms in total. The van der Waals surface area contributed by atoms with Crippen molar-refractivity contribution in [3.8, 4) is 5.75 Å². The van der Waals surface area contributed by atoms with Gasteiger partial charge in [0.1, 0.15) is 11.5 Å². The third kappa shape index (κ3) is 3.62. The molecule has 0 aliphatic carbocycles. The predicted octanol–water partition coefficient (Wildman–Crippen LogP) is 5.81. The van der Waals surface area contributed by atoms with Gasteiger partial charge in [-0.15, -0.1) is 0 Å². The summed E-state index contributed by atoms with van der Waals surface area (Å²) in [7, 11) is -1.87. The summed E-state index contributed by atoms with van der Waals surface area (Å²) in [5, 5.41) is 0.592. The molecule has 0 N–H and O–H groups in total. The average Bonchev–Trinajstić information content (AvgIpc) is 2.75. The third-order valence-electron chi connectivity index (χ3n) is 4.90. The van der Waals surface area contributed by atoms with E-state index in [-0.39, 0.29) is 0 Å². The minimum Gasteiger partial charge on any atom is -0.497 e. The Kier molecular flexibility index (Phi) is 5.31. The van der Waals surface area contributed by atoms with Crippen LogP contribution in [0.4, 0.5) is 0 Å². The minimum absolute atomic E-state index is 0.293. The van der Waals surface area contributed by atoms with E-state index in [1.165, 1.54) is 5.56 Å². The second-order valence-electron chi connectivity index (χ2n) is 6.82. The van der Waals surface area contributed by atoms with Gasteiger partial charge in [0.25, 0.3) is 0 Å². The Balaban J connectivity index is 2.00. The summed E-state index contributed by atoms with van der Waals surface area (Å²) < 4.78 is 30.8. The van der Waals surface area contributed by atoms with Gasteiger partial charge in [-0.25, -0.2) is 4.57 Å². The van der Waals surface area contributed by atoms with Gasteiger partial charge in [-0.1, -0.05) is 48.0 Å². The fourth-order valence-electron chi connectivity index (χ4n) is 3.47. The largest absolute Gasteiger partial charge is 0.497 e. The average molecular weight is 406 g/mol. The van der Waals surface area contributed by atoms with Gasteiger partial charge >= 0.3 is 7.60 Å². The molecule has 0 amide bonds. The maximum Gasteiger partial charge on any atom is 0.411 e. The molecule has 148 valence electrons. The number of hydrogen-bond donors (Lipinski definition) is 0. The molecule has 1 aliphatic heterocycles. The molecule has 1 atom stereocenters. The molecule has 5 heteroatoms. The van der Waals surface area contributed by atoms with Gasteiger partial charge in [-0.05, 0) is 49.7 Å². The molecule has 0 bridgehead atoms. The van der Waals surface area contributed by atoms with Crippen LogP contribution in [-0.2, 0) is 13.6 Å². The summed E-state index contributed by atoms with van der Waals surface area (Å²) in [6.07, 6.45) is 0. The molecule has 0 saturated heterocycles. The molecular formula is C24H23O4P. The summed E-state index contributed by atoms with van der Waals surface area (Å²) in [4.78, 5) is 0. The lowest BCUT2D eigenvalue weighted by Gasteiger charge is -2.30. The molecule has 0 fully saturated rings. The number of ether oxygens (including phenoxy) is 1. The fraction of sp³-hybridized carbons (Fsp3) is 0.167. The van der Waals surface area contributed by atoms with E-state index in [1.54, 1.807) is 7.11 Å². The van der Waals surface area contributed by atoms with Crippen molar-refractivity contribution in [1.29, 1.82) is 0 Å². The van der Waals surface area contributed by atoms with Crippen LogP contribution in [0.3, 0.4) is 0 Å². The number of rotatable bonds is 5. The first kappa shape index (κ1) is 19.5. The highest BCUT2D eigenvalue weighted by atomic mass is 31.2. The Morgan fingerprint density at radius 2 is 1.55 bits per heavy atom. The van der Waals surface area contributed by atoms with Gasteiger partial charge in [-0.3, -0.25) is 4.52 Å². The molecule has 1 unspecified atom stereocenters. The van der Waals surface area contributed by atoms with E-state index in [4.69, 9.17) is 13.8 Å². The normalized spacial score (nSPS) is 18.2. The molecule has 1 aliphatic rings. The van der Waals surface area contributed by atoms with Gasteiger partial charge in [0.05, 0.1) is 19.0 Å². The zero-order valence-electron chi connectivity index (χ0n) is 16.7. The van der Waals surface area contributed by atoms with Crippen molar-refractivity contribution in [2.75, 3.05) is 13.7 Å². The van der Waals surface area contributed by atoms with E-state index in [1.807, 2.05) is 55.5 Å². The Hall–Kier alpha value is -2.81. The van der Waals surface area contributed by atoms with Gasteiger partial charge in [0.15, 0.2) is 0 Å². The Labute approximate surface area is 171 Å². The fourth-order valence-corrected chi connectivity index (χ4v) is 5.29. The molecule has 3 aromatic carbocycles. The van der Waals surface area contributed by atoms with Crippen molar-refractivity contribution < 1.29 is 18.3 Å². The highest BCUT2D eigenvalue weighted by Crippen LogP contribution is 2.57. The van der Waals surface area contributed by atoms with Crippen LogP contribution in [0.2, 0.25) is 0 Å². The molecule has 0 saturated carbocycles. The highest BCUT2D eigenvalue weighted by molar-refractivity contribution is 7.62. The molecule has 1 heterocycles. The SMILES string of the molecule is CCOP1(=O)OC(c2ccc(OC)cc2)=C(c2ccc(C)cc2)c2ccccc21. The number of hydrogen-bond acceptors (Lipinski definition) is 4. The summed E-state index contributed by atoms with van der Waals surface area (Å²) in [6.45, 7) is 4.16. The first-order chi connectivity index (χ1) is 14.1. The van der Waals surface area contributed by atoms with Gasteiger partial charge in [0, 0.05) is 16.7 Å². The van der Waals surface area contributed by atoms with Crippen LogP contribution in [0.5, 0.6) is 5.75 Å². The molecule has 0 spiro atoms. The van der Waals surface area contributed by atoms with Crippen LogP contribution in [0.25, 0.3) is 11.3 Å². The predicted molar refractivity (Wildman–Crippen MR) is 116 cm³/mol. The minimum atomic E-state index is -3.50. The first-order valence-corrected chi connectivity index (χ1v) is 11.1. The first-order valence-electron chi connectivity index (χ1n) is 9.55.